The van der Waals surface area contributed by atoms with Gasteiger partial charge < -0.3 is 30.2 Å². The summed E-state index contributed by atoms with van der Waals surface area (Å²) in [5.74, 6) is -1.04. The van der Waals surface area contributed by atoms with Gasteiger partial charge in [-0.25, -0.2) is 9.59 Å². The average molecular weight is 537 g/mol. The molecule has 0 aromatic heterocycles. The van der Waals surface area contributed by atoms with Crippen LogP contribution in [0.15, 0.2) is 60.7 Å². The van der Waals surface area contributed by atoms with Crippen LogP contribution >= 0.6 is 0 Å². The first-order chi connectivity index (χ1) is 18.7. The van der Waals surface area contributed by atoms with Gasteiger partial charge in [0, 0.05) is 23.9 Å². The number of hydrogen-bond acceptors (Lipinski definition) is 8. The number of methoxy groups -OCH3 is 2. The number of amides is 3. The van der Waals surface area contributed by atoms with E-state index in [-0.39, 0.29) is 29.2 Å². The first kappa shape index (κ1) is 28.4. The molecular formula is C27H28N4O8. The zero-order valence-corrected chi connectivity index (χ0v) is 21.8. The highest BCUT2D eigenvalue weighted by Crippen LogP contribution is 2.34. The minimum atomic E-state index is -0.664. The molecule has 0 saturated carbocycles. The maximum absolute atomic E-state index is 13.1. The van der Waals surface area contributed by atoms with Crippen LogP contribution in [0.25, 0.3) is 0 Å². The summed E-state index contributed by atoms with van der Waals surface area (Å²) in [6, 6.07) is 14.5. The molecule has 3 aromatic rings. The normalized spacial score (nSPS) is 11.1. The van der Waals surface area contributed by atoms with Gasteiger partial charge in [0.2, 0.25) is 5.91 Å². The lowest BCUT2D eigenvalue weighted by Gasteiger charge is -2.17. The lowest BCUT2D eigenvalue weighted by atomic mass is 9.99. The first-order valence-corrected chi connectivity index (χ1v) is 11.8. The minimum Gasteiger partial charge on any atom is -0.493 e. The zero-order chi connectivity index (χ0) is 28.5. The monoisotopic (exact) mass is 536 g/mol. The lowest BCUT2D eigenvalue weighted by molar-refractivity contribution is -0.383. The van der Waals surface area contributed by atoms with Crippen LogP contribution in [0, 0.1) is 10.1 Å². The molecule has 12 nitrogen and oxygen atoms in total. The average Bonchev–Trinajstić information content (AvgIpc) is 2.92. The molecule has 3 aromatic carbocycles. The topological polar surface area (TPSA) is 158 Å². The number of urea groups is 1. The molecule has 1 unspecified atom stereocenters. The number of carbonyl (C=O) groups excluding carboxylic acids is 3. The molecular weight excluding hydrogens is 508 g/mol. The quantitative estimate of drug-likeness (QED) is 0.182. The van der Waals surface area contributed by atoms with Crippen molar-refractivity contribution in [3.63, 3.8) is 0 Å². The second kappa shape index (κ2) is 12.9. The predicted molar refractivity (Wildman–Crippen MR) is 145 cm³/mol. The first-order valence-electron chi connectivity index (χ1n) is 11.8. The number of nitrogens with one attached hydrogen (secondary N) is 3. The number of benzene rings is 3. The van der Waals surface area contributed by atoms with Gasteiger partial charge >= 0.3 is 12.0 Å². The van der Waals surface area contributed by atoms with E-state index in [2.05, 4.69) is 16.0 Å². The Bertz CT molecular complexity index is 1370. The number of ether oxygens (including phenoxy) is 3. The van der Waals surface area contributed by atoms with E-state index in [1.54, 1.807) is 44.2 Å². The van der Waals surface area contributed by atoms with E-state index in [1.807, 2.05) is 0 Å². The Kier molecular flexibility index (Phi) is 9.41. The third kappa shape index (κ3) is 7.01. The van der Waals surface area contributed by atoms with E-state index >= 15 is 0 Å². The van der Waals surface area contributed by atoms with Crippen LogP contribution in [0.5, 0.6) is 11.5 Å². The number of rotatable bonds is 10. The molecule has 0 bridgehead atoms. The number of anilines is 3. The largest absolute Gasteiger partial charge is 0.493 e. The second-order valence-electron chi connectivity index (χ2n) is 8.16. The van der Waals surface area contributed by atoms with E-state index < -0.39 is 28.7 Å². The Hall–Kier alpha value is -5.13. The standard InChI is InChI=1S/C27H28N4O8/c1-5-39-26(33)19-14-23(37-3)24(38-4)15-21(19)29-25(32)16(2)17-10-12-18(13-11-17)28-27(34)30-20-8-6-7-9-22(20)31(35)36/h6-16H,5H2,1-4H3,(H,29,32)(H2,28,30,34). The molecule has 3 rings (SSSR count). The molecule has 0 aliphatic carbocycles. The summed E-state index contributed by atoms with van der Waals surface area (Å²) in [6.45, 7) is 3.51. The van der Waals surface area contributed by atoms with Crippen LogP contribution in [0.2, 0.25) is 0 Å². The molecule has 3 amide bonds. The summed E-state index contributed by atoms with van der Waals surface area (Å²) in [7, 11) is 2.87. The Morgan fingerprint density at radius 3 is 2.15 bits per heavy atom. The van der Waals surface area contributed by atoms with Gasteiger partial charge in [0.25, 0.3) is 5.69 Å². The summed E-state index contributed by atoms with van der Waals surface area (Å²) in [4.78, 5) is 48.5. The molecule has 0 spiro atoms. The van der Waals surface area contributed by atoms with E-state index in [9.17, 15) is 24.5 Å². The number of carbonyl (C=O) groups is 3. The fourth-order valence-corrected chi connectivity index (χ4v) is 3.63. The van der Waals surface area contributed by atoms with Crippen LogP contribution in [0.4, 0.5) is 27.5 Å². The molecule has 0 fully saturated rings. The Morgan fingerprint density at radius 1 is 0.897 bits per heavy atom. The van der Waals surface area contributed by atoms with Crippen molar-refractivity contribution in [2.24, 2.45) is 0 Å². The number of nitro benzene ring substituents is 1. The van der Waals surface area contributed by atoms with Crippen LogP contribution in [-0.2, 0) is 9.53 Å². The molecule has 0 aliphatic heterocycles. The van der Waals surface area contributed by atoms with Crippen molar-refractivity contribution in [3.8, 4) is 11.5 Å². The highest BCUT2D eigenvalue weighted by Gasteiger charge is 2.22. The van der Waals surface area contributed by atoms with Crippen molar-refractivity contribution < 1.29 is 33.5 Å². The maximum Gasteiger partial charge on any atom is 0.340 e. The number of para-hydroxylation sites is 2. The van der Waals surface area contributed by atoms with Crippen molar-refractivity contribution in [1.82, 2.24) is 0 Å². The summed E-state index contributed by atoms with van der Waals surface area (Å²) in [5, 5.41) is 18.9. The van der Waals surface area contributed by atoms with E-state index in [4.69, 9.17) is 14.2 Å². The van der Waals surface area contributed by atoms with Crippen molar-refractivity contribution in [2.45, 2.75) is 19.8 Å². The van der Waals surface area contributed by atoms with Crippen molar-refractivity contribution in [1.29, 1.82) is 0 Å². The van der Waals surface area contributed by atoms with Crippen LogP contribution in [-0.4, -0.2) is 43.7 Å². The molecule has 0 radical (unpaired) electrons. The van der Waals surface area contributed by atoms with E-state index in [0.29, 0.717) is 22.7 Å². The van der Waals surface area contributed by atoms with Crippen molar-refractivity contribution in [2.75, 3.05) is 36.8 Å². The van der Waals surface area contributed by atoms with Gasteiger partial charge in [-0.2, -0.15) is 0 Å². The molecule has 0 saturated heterocycles. The van der Waals surface area contributed by atoms with Gasteiger partial charge in [-0.3, -0.25) is 14.9 Å². The van der Waals surface area contributed by atoms with Gasteiger partial charge in [0.05, 0.1) is 42.9 Å². The Labute approximate surface area is 224 Å². The summed E-state index contributed by atoms with van der Waals surface area (Å²) < 4.78 is 15.7. The van der Waals surface area contributed by atoms with Gasteiger partial charge in [-0.15, -0.1) is 0 Å². The van der Waals surface area contributed by atoms with Crippen LogP contribution in [0.1, 0.15) is 35.7 Å². The fourth-order valence-electron chi connectivity index (χ4n) is 3.63. The number of hydrogen-bond donors (Lipinski definition) is 3. The number of nitro groups is 1. The Morgan fingerprint density at radius 2 is 1.54 bits per heavy atom. The van der Waals surface area contributed by atoms with E-state index in [0.717, 1.165) is 0 Å². The van der Waals surface area contributed by atoms with Gasteiger partial charge in [0.1, 0.15) is 5.69 Å². The number of nitrogens with zero attached hydrogens (tertiary/aromatic N) is 1. The third-order valence-electron chi connectivity index (χ3n) is 5.69. The smallest absolute Gasteiger partial charge is 0.340 e. The number of esters is 1. The maximum atomic E-state index is 13.1. The minimum absolute atomic E-state index is 0.0549. The van der Waals surface area contributed by atoms with Crippen molar-refractivity contribution >= 4 is 40.7 Å². The highest BCUT2D eigenvalue weighted by atomic mass is 16.6. The Balaban J connectivity index is 1.72. The predicted octanol–water partition coefficient (Wildman–Crippen LogP) is 5.17. The fraction of sp³-hybridized carbons (Fsp3) is 0.222. The molecule has 0 heterocycles. The zero-order valence-electron chi connectivity index (χ0n) is 21.8. The van der Waals surface area contributed by atoms with Crippen LogP contribution in [0.3, 0.4) is 0 Å². The summed E-state index contributed by atoms with van der Waals surface area (Å²) in [5.41, 5.74) is 1.18. The summed E-state index contributed by atoms with van der Waals surface area (Å²) in [6.07, 6.45) is 0. The van der Waals surface area contributed by atoms with E-state index in [1.165, 1.54) is 44.6 Å². The van der Waals surface area contributed by atoms with Crippen molar-refractivity contribution in [3.05, 3.63) is 81.9 Å². The molecule has 39 heavy (non-hydrogen) atoms. The molecule has 12 heteroatoms. The molecule has 0 aliphatic rings. The van der Waals surface area contributed by atoms with Gasteiger partial charge in [0.15, 0.2) is 11.5 Å². The summed E-state index contributed by atoms with van der Waals surface area (Å²) >= 11 is 0. The van der Waals surface area contributed by atoms with Gasteiger partial charge in [-0.05, 0) is 37.6 Å². The third-order valence-corrected chi connectivity index (χ3v) is 5.69. The molecule has 3 N–H and O–H groups in total. The lowest BCUT2D eigenvalue weighted by Crippen LogP contribution is -2.21. The molecule has 1 atom stereocenters. The molecule has 204 valence electrons. The van der Waals surface area contributed by atoms with Crippen LogP contribution < -0.4 is 25.4 Å². The van der Waals surface area contributed by atoms with Gasteiger partial charge in [-0.1, -0.05) is 24.3 Å². The SMILES string of the molecule is CCOC(=O)c1cc(OC)c(OC)cc1NC(=O)C(C)c1ccc(NC(=O)Nc2ccccc2[N+](=O)[O-])cc1. The second-order valence-corrected chi connectivity index (χ2v) is 8.16. The highest BCUT2D eigenvalue weighted by molar-refractivity contribution is 6.04.